The molecule has 0 bridgehead atoms. The van der Waals surface area contributed by atoms with Gasteiger partial charge in [-0.25, -0.2) is 0 Å². The molecule has 7 nitrogen and oxygen atoms in total. The van der Waals surface area contributed by atoms with Crippen molar-refractivity contribution in [1.29, 1.82) is 5.26 Å². The van der Waals surface area contributed by atoms with Crippen molar-refractivity contribution in [3.8, 4) is 34.8 Å². The van der Waals surface area contributed by atoms with Crippen LogP contribution in [0.25, 0.3) is 0 Å². The van der Waals surface area contributed by atoms with Crippen LogP contribution >= 0.6 is 0 Å². The highest BCUT2D eigenvalue weighted by Crippen LogP contribution is 2.47. The van der Waals surface area contributed by atoms with E-state index in [-0.39, 0.29) is 5.92 Å². The van der Waals surface area contributed by atoms with Gasteiger partial charge in [0.25, 0.3) is 6.29 Å². The van der Waals surface area contributed by atoms with E-state index in [4.69, 9.17) is 23.7 Å². The van der Waals surface area contributed by atoms with Gasteiger partial charge < -0.3 is 23.7 Å². The maximum absolute atomic E-state index is 10.3. The lowest BCUT2D eigenvalue weighted by Crippen LogP contribution is -2.44. The summed E-state index contributed by atoms with van der Waals surface area (Å²) < 4.78 is 29.1. The highest BCUT2D eigenvalue weighted by molar-refractivity contribution is 5.60. The van der Waals surface area contributed by atoms with Crippen LogP contribution in [0.3, 0.4) is 0 Å². The van der Waals surface area contributed by atoms with E-state index in [0.29, 0.717) is 35.5 Å². The summed E-state index contributed by atoms with van der Waals surface area (Å²) >= 11 is 0. The zero-order valence-electron chi connectivity index (χ0n) is 21.6. The van der Waals surface area contributed by atoms with Gasteiger partial charge in [0, 0.05) is 18.2 Å². The van der Waals surface area contributed by atoms with Gasteiger partial charge in [-0.05, 0) is 62.4 Å². The third-order valence-corrected chi connectivity index (χ3v) is 7.62. The fourth-order valence-electron chi connectivity index (χ4n) is 5.39. The molecule has 2 atom stereocenters. The predicted molar refractivity (Wildman–Crippen MR) is 133 cm³/mol. The number of likely N-dealkylation sites (N-methyl/N-ethyl adjacent to an activating group) is 1. The molecule has 0 spiro atoms. The highest BCUT2D eigenvalue weighted by atomic mass is 16.7. The lowest BCUT2D eigenvalue weighted by atomic mass is 9.73. The second-order valence-corrected chi connectivity index (χ2v) is 9.77. The first kappa shape index (κ1) is 25.0. The van der Waals surface area contributed by atoms with Gasteiger partial charge in [-0.3, -0.25) is 4.90 Å². The summed E-state index contributed by atoms with van der Waals surface area (Å²) in [4.78, 5) is 2.36. The summed E-state index contributed by atoms with van der Waals surface area (Å²) in [6.45, 7) is 4.92. The lowest BCUT2D eigenvalue weighted by Gasteiger charge is -2.37. The second kappa shape index (κ2) is 10.2. The van der Waals surface area contributed by atoms with Crippen molar-refractivity contribution in [2.24, 2.45) is 11.3 Å². The fraction of sp³-hybridized carbons (Fsp3) is 0.536. The zero-order chi connectivity index (χ0) is 25.2. The Labute approximate surface area is 208 Å². The first-order chi connectivity index (χ1) is 16.9. The number of methoxy groups -OCH3 is 3. The van der Waals surface area contributed by atoms with Gasteiger partial charge in [0.1, 0.15) is 5.41 Å². The number of para-hydroxylation sites is 2. The van der Waals surface area contributed by atoms with Crippen LogP contribution in [0.5, 0.6) is 28.7 Å². The highest BCUT2D eigenvalue weighted by Gasteiger charge is 2.48. The van der Waals surface area contributed by atoms with Gasteiger partial charge in [-0.1, -0.05) is 26.0 Å². The molecular weight excluding hydrogens is 444 g/mol. The third-order valence-electron chi connectivity index (χ3n) is 7.62. The van der Waals surface area contributed by atoms with Crippen LogP contribution in [0.1, 0.15) is 44.2 Å². The largest absolute Gasteiger partial charge is 0.493 e. The Hall–Kier alpha value is -3.11. The van der Waals surface area contributed by atoms with Crippen molar-refractivity contribution >= 4 is 0 Å². The van der Waals surface area contributed by atoms with E-state index in [0.717, 1.165) is 37.1 Å². The first-order valence-corrected chi connectivity index (χ1v) is 12.2. The van der Waals surface area contributed by atoms with Crippen molar-refractivity contribution in [2.45, 2.75) is 58.4 Å². The molecule has 0 fully saturated rings. The molecule has 2 heterocycles. The number of nitrogens with zero attached hydrogens (tertiary/aromatic N) is 2. The van der Waals surface area contributed by atoms with Gasteiger partial charge >= 0.3 is 0 Å². The molecule has 0 aliphatic carbocycles. The van der Waals surface area contributed by atoms with E-state index in [1.165, 1.54) is 5.56 Å². The van der Waals surface area contributed by atoms with Crippen molar-refractivity contribution in [1.82, 2.24) is 4.90 Å². The number of ether oxygens (including phenoxy) is 5. The summed E-state index contributed by atoms with van der Waals surface area (Å²) in [6.07, 6.45) is 2.83. The molecule has 2 aliphatic rings. The number of nitriles is 1. The number of benzene rings is 2. The molecule has 0 saturated carbocycles. The Balaban J connectivity index is 1.48. The first-order valence-electron chi connectivity index (χ1n) is 12.2. The molecule has 188 valence electrons. The molecule has 7 heteroatoms. The summed E-state index contributed by atoms with van der Waals surface area (Å²) in [5.41, 5.74) is 1.63. The molecule has 2 aliphatic heterocycles. The molecular formula is C28H36N2O5. The van der Waals surface area contributed by atoms with Crippen molar-refractivity contribution in [3.05, 3.63) is 41.5 Å². The fourth-order valence-corrected chi connectivity index (χ4v) is 5.39. The van der Waals surface area contributed by atoms with Gasteiger partial charge in [0.05, 0.1) is 27.4 Å². The predicted octanol–water partition coefficient (Wildman–Crippen LogP) is 5.20. The van der Waals surface area contributed by atoms with E-state index in [9.17, 15) is 5.26 Å². The standard InChI is InChI=1S/C28H36N2O5/c1-18(2)28(17-29,27-34-22-11-7-8-12-23(22)35-27)13-9-10-20-14-19-15-24(31-4)26(33-6)25(32-5)21(19)16-30(20)3/h7-8,11-12,15,18,20,27H,9-10,13-14,16H2,1-6H3. The molecule has 2 aromatic rings. The SMILES string of the molecule is COc1cc2c(c(OC)c1OC)CN(C)C(CCCC(C#N)(C(C)C)C1Oc3ccccc3O1)C2. The van der Waals surface area contributed by atoms with Gasteiger partial charge in [-0.15, -0.1) is 0 Å². The second-order valence-electron chi connectivity index (χ2n) is 9.77. The lowest BCUT2D eigenvalue weighted by molar-refractivity contribution is -0.0656. The number of rotatable bonds is 9. The Kier molecular flexibility index (Phi) is 7.32. The van der Waals surface area contributed by atoms with Crippen LogP contribution in [0.15, 0.2) is 30.3 Å². The number of fused-ring (bicyclic) bond motifs is 2. The summed E-state index contributed by atoms with van der Waals surface area (Å²) in [5.74, 6) is 3.56. The number of hydrogen-bond acceptors (Lipinski definition) is 7. The average molecular weight is 481 g/mol. The Bertz CT molecular complexity index is 1070. The van der Waals surface area contributed by atoms with Crippen LogP contribution in [-0.4, -0.2) is 45.6 Å². The Morgan fingerprint density at radius 2 is 1.74 bits per heavy atom. The van der Waals surface area contributed by atoms with E-state index < -0.39 is 11.7 Å². The molecule has 0 aromatic heterocycles. The minimum absolute atomic E-state index is 0.0811. The van der Waals surface area contributed by atoms with Gasteiger partial charge in [0.2, 0.25) is 5.75 Å². The molecule has 35 heavy (non-hydrogen) atoms. The monoisotopic (exact) mass is 480 g/mol. The average Bonchev–Trinajstić information content (AvgIpc) is 3.30. The van der Waals surface area contributed by atoms with Crippen molar-refractivity contribution < 1.29 is 23.7 Å². The minimum atomic E-state index is -0.732. The van der Waals surface area contributed by atoms with Crippen LogP contribution in [0.4, 0.5) is 0 Å². The van der Waals surface area contributed by atoms with Gasteiger partial charge in [-0.2, -0.15) is 5.26 Å². The summed E-state index contributed by atoms with van der Waals surface area (Å²) in [7, 11) is 7.09. The molecule has 2 aromatic carbocycles. The van der Waals surface area contributed by atoms with Crippen LogP contribution in [0.2, 0.25) is 0 Å². The van der Waals surface area contributed by atoms with E-state index in [1.807, 2.05) is 24.3 Å². The normalized spacial score (nSPS) is 19.1. The smallest absolute Gasteiger partial charge is 0.260 e. The Morgan fingerprint density at radius 1 is 1.09 bits per heavy atom. The van der Waals surface area contributed by atoms with Crippen LogP contribution in [-0.2, 0) is 13.0 Å². The third kappa shape index (κ3) is 4.48. The topological polar surface area (TPSA) is 73.2 Å². The summed E-state index contributed by atoms with van der Waals surface area (Å²) in [5, 5.41) is 10.3. The van der Waals surface area contributed by atoms with E-state index in [2.05, 4.69) is 37.9 Å². The molecule has 0 saturated heterocycles. The van der Waals surface area contributed by atoms with Crippen LogP contribution in [0, 0.1) is 22.7 Å². The molecule has 0 amide bonds. The summed E-state index contributed by atoms with van der Waals surface area (Å²) in [6, 6.07) is 12.6. The molecule has 0 N–H and O–H groups in total. The minimum Gasteiger partial charge on any atom is -0.493 e. The molecule has 2 unspecified atom stereocenters. The van der Waals surface area contributed by atoms with Crippen molar-refractivity contribution in [2.75, 3.05) is 28.4 Å². The van der Waals surface area contributed by atoms with Crippen molar-refractivity contribution in [3.63, 3.8) is 0 Å². The quantitative estimate of drug-likeness (QED) is 0.488. The van der Waals surface area contributed by atoms with Gasteiger partial charge in [0.15, 0.2) is 23.0 Å². The molecule has 0 radical (unpaired) electrons. The maximum Gasteiger partial charge on any atom is 0.260 e. The van der Waals surface area contributed by atoms with E-state index in [1.54, 1.807) is 21.3 Å². The number of hydrogen-bond donors (Lipinski definition) is 0. The zero-order valence-corrected chi connectivity index (χ0v) is 21.6. The Morgan fingerprint density at radius 3 is 2.29 bits per heavy atom. The molecule has 4 rings (SSSR count). The van der Waals surface area contributed by atoms with E-state index >= 15 is 0 Å². The van der Waals surface area contributed by atoms with Crippen LogP contribution < -0.4 is 23.7 Å². The maximum atomic E-state index is 10.3.